The number of hydrogen-bond donors (Lipinski definition) is 1. The molecule has 0 aliphatic carbocycles. The lowest BCUT2D eigenvalue weighted by Gasteiger charge is -2.04. The molecule has 0 bridgehead atoms. The zero-order valence-electron chi connectivity index (χ0n) is 8.86. The molecule has 1 rings (SSSR count). The van der Waals surface area contributed by atoms with Gasteiger partial charge in [0.05, 0.1) is 5.71 Å². The summed E-state index contributed by atoms with van der Waals surface area (Å²) in [6.07, 6.45) is 2.81. The zero-order chi connectivity index (χ0) is 11.1. The highest BCUT2D eigenvalue weighted by Gasteiger charge is 1.99. The minimum absolute atomic E-state index is 0.692. The van der Waals surface area contributed by atoms with Gasteiger partial charge in [-0.3, -0.25) is 5.43 Å². The van der Waals surface area contributed by atoms with E-state index < -0.39 is 0 Å². The third kappa shape index (κ3) is 4.01. The van der Waals surface area contributed by atoms with Crippen LogP contribution >= 0.6 is 24.0 Å². The summed E-state index contributed by atoms with van der Waals surface area (Å²) in [5.74, 6) is 0. The second kappa shape index (κ2) is 6.58. The molecule has 0 amide bonds. The van der Waals surface area contributed by atoms with Gasteiger partial charge in [0.1, 0.15) is 0 Å². The predicted molar refractivity (Wildman–Crippen MR) is 72.5 cm³/mol. The van der Waals surface area contributed by atoms with E-state index in [2.05, 4.69) is 17.5 Å². The van der Waals surface area contributed by atoms with Crippen molar-refractivity contribution in [2.24, 2.45) is 5.10 Å². The number of nitrogens with one attached hydrogen (secondary N) is 1. The van der Waals surface area contributed by atoms with Gasteiger partial charge in [0.2, 0.25) is 0 Å². The van der Waals surface area contributed by atoms with Crippen molar-refractivity contribution in [2.45, 2.75) is 13.3 Å². The average molecular weight is 238 g/mol. The number of thiocarbonyl (C=S) groups is 1. The smallest absolute Gasteiger partial charge is 0.153 e. The quantitative estimate of drug-likeness (QED) is 0.497. The minimum atomic E-state index is 0.692. The summed E-state index contributed by atoms with van der Waals surface area (Å²) in [5.41, 5.74) is 5.02. The molecule has 1 aromatic rings. The van der Waals surface area contributed by atoms with E-state index in [0.717, 1.165) is 17.7 Å². The number of rotatable bonds is 3. The number of thioether (sulfide) groups is 1. The van der Waals surface area contributed by atoms with Gasteiger partial charge in [-0.2, -0.15) is 5.10 Å². The first-order valence-corrected chi connectivity index (χ1v) is 6.37. The van der Waals surface area contributed by atoms with E-state index in [1.807, 2.05) is 36.6 Å². The second-order valence-electron chi connectivity index (χ2n) is 2.88. The number of benzene rings is 1. The van der Waals surface area contributed by atoms with Gasteiger partial charge in [-0.15, -0.1) is 0 Å². The molecule has 0 aliphatic rings. The van der Waals surface area contributed by atoms with Crippen molar-refractivity contribution in [3.63, 3.8) is 0 Å². The highest BCUT2D eigenvalue weighted by atomic mass is 32.2. The summed E-state index contributed by atoms with van der Waals surface area (Å²) in [5, 5.41) is 4.29. The summed E-state index contributed by atoms with van der Waals surface area (Å²) >= 11 is 6.50. The molecule has 4 heteroatoms. The van der Waals surface area contributed by atoms with Gasteiger partial charge < -0.3 is 0 Å². The Kier molecular flexibility index (Phi) is 5.36. The lowest BCUT2D eigenvalue weighted by atomic mass is 10.1. The summed E-state index contributed by atoms with van der Waals surface area (Å²) in [6, 6.07) is 10.1. The maximum Gasteiger partial charge on any atom is 0.153 e. The fourth-order valence-corrected chi connectivity index (χ4v) is 1.32. The number of hydrazone groups is 1. The molecular formula is C11H14N2S2. The predicted octanol–water partition coefficient (Wildman–Crippen LogP) is 3.04. The average Bonchev–Trinajstić information content (AvgIpc) is 2.31. The van der Waals surface area contributed by atoms with Gasteiger partial charge in [-0.05, 0) is 18.2 Å². The van der Waals surface area contributed by atoms with Crippen molar-refractivity contribution in [1.82, 2.24) is 5.43 Å². The van der Waals surface area contributed by atoms with Crippen molar-refractivity contribution >= 4 is 34.0 Å². The first-order chi connectivity index (χ1) is 7.27. The van der Waals surface area contributed by atoms with Crippen LogP contribution in [0, 0.1) is 0 Å². The van der Waals surface area contributed by atoms with Crippen LogP contribution in [0.25, 0.3) is 0 Å². The van der Waals surface area contributed by atoms with Gasteiger partial charge in [0, 0.05) is 0 Å². The van der Waals surface area contributed by atoms with E-state index in [1.165, 1.54) is 11.8 Å². The Bertz CT molecular complexity index is 347. The summed E-state index contributed by atoms with van der Waals surface area (Å²) in [7, 11) is 0. The number of hydrogen-bond acceptors (Lipinski definition) is 3. The van der Waals surface area contributed by atoms with E-state index in [0.29, 0.717) is 4.32 Å². The molecule has 0 aromatic heterocycles. The van der Waals surface area contributed by atoms with Crippen LogP contribution in [0.1, 0.15) is 18.9 Å². The molecule has 1 aromatic carbocycles. The Morgan fingerprint density at radius 2 is 2.07 bits per heavy atom. The molecule has 0 heterocycles. The molecule has 0 atom stereocenters. The summed E-state index contributed by atoms with van der Waals surface area (Å²) in [6.45, 7) is 2.08. The molecular weight excluding hydrogens is 224 g/mol. The largest absolute Gasteiger partial charge is 0.262 e. The molecule has 0 spiro atoms. The van der Waals surface area contributed by atoms with Gasteiger partial charge in [0.25, 0.3) is 0 Å². The third-order valence-corrected chi connectivity index (χ3v) is 2.96. The maximum absolute atomic E-state index is 5.02. The molecule has 80 valence electrons. The highest BCUT2D eigenvalue weighted by molar-refractivity contribution is 8.22. The Labute approximate surface area is 100 Å². The molecule has 0 saturated carbocycles. The molecule has 0 fully saturated rings. The van der Waals surface area contributed by atoms with E-state index in [4.69, 9.17) is 12.2 Å². The number of nitrogens with zero attached hydrogens (tertiary/aromatic N) is 1. The molecule has 0 unspecified atom stereocenters. The van der Waals surface area contributed by atoms with Crippen LogP contribution in [0.2, 0.25) is 0 Å². The first kappa shape index (κ1) is 12.2. The van der Waals surface area contributed by atoms with Gasteiger partial charge in [0.15, 0.2) is 4.32 Å². The fourth-order valence-electron chi connectivity index (χ4n) is 1.14. The van der Waals surface area contributed by atoms with Gasteiger partial charge >= 0.3 is 0 Å². The SMILES string of the molecule is CC/C(=N\NC(=S)SC)c1ccccc1. The van der Waals surface area contributed by atoms with Crippen LogP contribution in [-0.2, 0) is 0 Å². The van der Waals surface area contributed by atoms with Gasteiger partial charge in [-0.25, -0.2) is 0 Å². The van der Waals surface area contributed by atoms with Crippen LogP contribution in [0.5, 0.6) is 0 Å². The Morgan fingerprint density at radius 1 is 1.40 bits per heavy atom. The third-order valence-electron chi connectivity index (χ3n) is 1.91. The lowest BCUT2D eigenvalue weighted by molar-refractivity contribution is 1.04. The summed E-state index contributed by atoms with van der Waals surface area (Å²) < 4.78 is 0.692. The maximum atomic E-state index is 5.02. The van der Waals surface area contributed by atoms with Crippen molar-refractivity contribution in [1.29, 1.82) is 0 Å². The van der Waals surface area contributed by atoms with Crippen LogP contribution < -0.4 is 5.43 Å². The van der Waals surface area contributed by atoms with Crippen molar-refractivity contribution < 1.29 is 0 Å². The Balaban J connectivity index is 2.76. The van der Waals surface area contributed by atoms with Crippen LogP contribution in [0.3, 0.4) is 0 Å². The molecule has 0 radical (unpaired) electrons. The molecule has 15 heavy (non-hydrogen) atoms. The standard InChI is InChI=1S/C11H14N2S2/c1-3-10(12-13-11(14)15-2)9-7-5-4-6-8-9/h4-8H,3H2,1-2H3,(H,13,14)/b12-10+. The van der Waals surface area contributed by atoms with E-state index >= 15 is 0 Å². The van der Waals surface area contributed by atoms with Crippen LogP contribution in [0.4, 0.5) is 0 Å². The van der Waals surface area contributed by atoms with Crippen molar-refractivity contribution in [3.8, 4) is 0 Å². The van der Waals surface area contributed by atoms with Crippen molar-refractivity contribution in [3.05, 3.63) is 35.9 Å². The van der Waals surface area contributed by atoms with Crippen LogP contribution in [0.15, 0.2) is 35.4 Å². The zero-order valence-corrected chi connectivity index (χ0v) is 10.5. The summed E-state index contributed by atoms with van der Waals surface area (Å²) in [4.78, 5) is 0. The Morgan fingerprint density at radius 3 is 2.60 bits per heavy atom. The Hall–Kier alpha value is -0.870. The molecule has 2 nitrogen and oxygen atoms in total. The minimum Gasteiger partial charge on any atom is -0.262 e. The van der Waals surface area contributed by atoms with E-state index in [9.17, 15) is 0 Å². The highest BCUT2D eigenvalue weighted by Crippen LogP contribution is 2.04. The molecule has 0 saturated heterocycles. The normalized spacial score (nSPS) is 11.2. The topological polar surface area (TPSA) is 24.4 Å². The lowest BCUT2D eigenvalue weighted by Crippen LogP contribution is -2.14. The van der Waals surface area contributed by atoms with E-state index in [1.54, 1.807) is 0 Å². The molecule has 1 N–H and O–H groups in total. The first-order valence-electron chi connectivity index (χ1n) is 4.74. The van der Waals surface area contributed by atoms with Gasteiger partial charge in [-0.1, -0.05) is 61.2 Å². The second-order valence-corrected chi connectivity index (χ2v) is 4.36. The monoisotopic (exact) mass is 238 g/mol. The van der Waals surface area contributed by atoms with E-state index in [-0.39, 0.29) is 0 Å². The molecule has 0 aliphatic heterocycles. The van der Waals surface area contributed by atoms with Crippen LogP contribution in [-0.4, -0.2) is 16.3 Å². The van der Waals surface area contributed by atoms with Crippen molar-refractivity contribution in [2.75, 3.05) is 6.26 Å². The fraction of sp³-hybridized carbons (Fsp3) is 0.273.